The van der Waals surface area contributed by atoms with Gasteiger partial charge in [0.25, 0.3) is 0 Å². The fourth-order valence-electron chi connectivity index (χ4n) is 4.71. The van der Waals surface area contributed by atoms with Gasteiger partial charge in [-0.1, -0.05) is 25.0 Å². The van der Waals surface area contributed by atoms with Crippen molar-refractivity contribution >= 4 is 5.91 Å². The van der Waals surface area contributed by atoms with Crippen molar-refractivity contribution in [3.05, 3.63) is 12.2 Å². The molecule has 4 heteroatoms. The highest BCUT2D eigenvalue weighted by molar-refractivity contribution is 5.84. The largest absolute Gasteiger partial charge is 0.389 e. The fourth-order valence-corrected chi connectivity index (χ4v) is 4.71. The summed E-state index contributed by atoms with van der Waals surface area (Å²) >= 11 is 0. The maximum atomic E-state index is 12.8. The number of nitrogens with zero attached hydrogens (tertiary/aromatic N) is 1. The van der Waals surface area contributed by atoms with Crippen LogP contribution in [-0.2, 0) is 4.79 Å². The van der Waals surface area contributed by atoms with Gasteiger partial charge in [0.2, 0.25) is 5.91 Å². The quantitative estimate of drug-likeness (QED) is 0.663. The highest BCUT2D eigenvalue weighted by atomic mass is 16.3. The molecule has 4 nitrogen and oxygen atoms in total. The minimum atomic E-state index is -0.827. The summed E-state index contributed by atoms with van der Waals surface area (Å²) in [5.74, 6) is 0.00104. The summed E-state index contributed by atoms with van der Waals surface area (Å²) < 4.78 is 0. The number of aliphatic hydroxyl groups is 1. The van der Waals surface area contributed by atoms with Gasteiger partial charge in [-0.2, -0.15) is 5.26 Å². The van der Waals surface area contributed by atoms with Gasteiger partial charge in [0, 0.05) is 0 Å². The molecule has 2 unspecified atom stereocenters. The first-order valence-corrected chi connectivity index (χ1v) is 7.62. The first-order valence-electron chi connectivity index (χ1n) is 7.62. The summed E-state index contributed by atoms with van der Waals surface area (Å²) in [6, 6.07) is 2.07. The van der Waals surface area contributed by atoms with Gasteiger partial charge >= 0.3 is 0 Å². The van der Waals surface area contributed by atoms with Crippen molar-refractivity contribution in [3.8, 4) is 6.07 Å². The Balaban J connectivity index is 2.21. The van der Waals surface area contributed by atoms with Crippen LogP contribution in [-0.4, -0.2) is 23.2 Å². The van der Waals surface area contributed by atoms with Crippen LogP contribution >= 0.6 is 0 Å². The molecule has 0 radical (unpaired) electrons. The highest BCUT2D eigenvalue weighted by Gasteiger charge is 2.61. The van der Waals surface area contributed by atoms with E-state index in [2.05, 4.69) is 11.4 Å². The van der Waals surface area contributed by atoms with E-state index in [9.17, 15) is 15.2 Å². The van der Waals surface area contributed by atoms with Crippen LogP contribution < -0.4 is 5.32 Å². The van der Waals surface area contributed by atoms with E-state index in [-0.39, 0.29) is 17.9 Å². The molecule has 5 atom stereocenters. The van der Waals surface area contributed by atoms with Crippen molar-refractivity contribution < 1.29 is 9.90 Å². The molecule has 1 amide bonds. The van der Waals surface area contributed by atoms with Crippen molar-refractivity contribution in [2.24, 2.45) is 16.7 Å². The number of aliphatic hydroxyl groups excluding tert-OH is 1. The summed E-state index contributed by atoms with van der Waals surface area (Å²) in [7, 11) is 0. The molecular weight excluding hydrogens is 252 g/mol. The summed E-state index contributed by atoms with van der Waals surface area (Å²) in [5.41, 5.74) is -1.32. The van der Waals surface area contributed by atoms with Gasteiger partial charge in [-0.3, -0.25) is 4.79 Å². The number of nitrogens with one attached hydrogen (secondary N) is 1. The molecule has 1 heterocycles. The molecule has 2 bridgehead atoms. The van der Waals surface area contributed by atoms with Crippen LogP contribution in [0, 0.1) is 28.1 Å². The normalized spacial score (nSPS) is 47.5. The Morgan fingerprint density at radius 3 is 2.90 bits per heavy atom. The smallest absolute Gasteiger partial charge is 0.227 e. The van der Waals surface area contributed by atoms with Crippen LogP contribution in [0.5, 0.6) is 0 Å². The lowest BCUT2D eigenvalue weighted by Crippen LogP contribution is -2.50. The Morgan fingerprint density at radius 2 is 2.15 bits per heavy atom. The third-order valence-corrected chi connectivity index (χ3v) is 5.78. The highest BCUT2D eigenvalue weighted by Crippen LogP contribution is 2.58. The summed E-state index contributed by atoms with van der Waals surface area (Å²) in [6.07, 6.45) is 8.27. The maximum absolute atomic E-state index is 12.8. The van der Waals surface area contributed by atoms with Crippen molar-refractivity contribution in [1.29, 1.82) is 5.26 Å². The van der Waals surface area contributed by atoms with Gasteiger partial charge in [-0.15, -0.1) is 0 Å². The van der Waals surface area contributed by atoms with E-state index in [0.717, 1.165) is 25.7 Å². The molecule has 1 aliphatic heterocycles. The first-order chi connectivity index (χ1) is 9.57. The van der Waals surface area contributed by atoms with Crippen LogP contribution in [0.4, 0.5) is 0 Å². The average molecular weight is 274 g/mol. The number of rotatable bonds is 0. The Morgan fingerprint density at radius 1 is 1.40 bits per heavy atom. The molecule has 0 aromatic rings. The second kappa shape index (κ2) is 4.60. The van der Waals surface area contributed by atoms with E-state index in [1.54, 1.807) is 0 Å². The monoisotopic (exact) mass is 274 g/mol. The molecule has 3 rings (SSSR count). The van der Waals surface area contributed by atoms with Crippen molar-refractivity contribution in [2.75, 3.05) is 0 Å². The number of carbonyl (C=O) groups is 1. The molecule has 3 aliphatic rings. The first kappa shape index (κ1) is 13.6. The predicted molar refractivity (Wildman–Crippen MR) is 74.4 cm³/mol. The van der Waals surface area contributed by atoms with Crippen molar-refractivity contribution in [2.45, 2.75) is 57.6 Å². The molecule has 0 aromatic heterocycles. The summed E-state index contributed by atoms with van der Waals surface area (Å²) in [6.45, 7) is 1.81. The van der Waals surface area contributed by atoms with E-state index >= 15 is 0 Å². The van der Waals surface area contributed by atoms with Gasteiger partial charge in [0.05, 0.1) is 29.0 Å². The van der Waals surface area contributed by atoms with E-state index in [0.29, 0.717) is 12.8 Å². The van der Waals surface area contributed by atoms with Crippen molar-refractivity contribution in [1.82, 2.24) is 5.32 Å². The number of nitriles is 1. The van der Waals surface area contributed by atoms with E-state index in [1.807, 2.05) is 19.1 Å². The molecule has 2 aliphatic carbocycles. The Bertz CT molecular complexity index is 495. The minimum Gasteiger partial charge on any atom is -0.389 e. The predicted octanol–water partition coefficient (Wildman–Crippen LogP) is 1.90. The molecule has 2 fully saturated rings. The van der Waals surface area contributed by atoms with Gasteiger partial charge in [-0.05, 0) is 38.5 Å². The van der Waals surface area contributed by atoms with Crippen LogP contribution in [0.2, 0.25) is 0 Å². The number of hydrogen-bond acceptors (Lipinski definition) is 3. The Hall–Kier alpha value is -1.34. The van der Waals surface area contributed by atoms with Crippen LogP contribution in [0.3, 0.4) is 0 Å². The molecule has 1 saturated heterocycles. The molecule has 108 valence electrons. The second-order valence-corrected chi connectivity index (χ2v) is 6.69. The summed E-state index contributed by atoms with van der Waals surface area (Å²) in [4.78, 5) is 12.8. The van der Waals surface area contributed by atoms with Gasteiger partial charge in [-0.25, -0.2) is 0 Å². The van der Waals surface area contributed by atoms with E-state index in [4.69, 9.17) is 0 Å². The molecule has 2 N–H and O–H groups in total. The minimum absolute atomic E-state index is 0.0382. The zero-order valence-corrected chi connectivity index (χ0v) is 11.9. The SMILES string of the molecule is CC1NC(=O)[C@@]23CC=CC[C@@](C#N)(C2CCCC3)[C@H]1O. The lowest BCUT2D eigenvalue weighted by atomic mass is 9.54. The lowest BCUT2D eigenvalue weighted by Gasteiger charge is -2.47. The summed E-state index contributed by atoms with van der Waals surface area (Å²) in [5, 5.41) is 23.6. The molecule has 0 aromatic carbocycles. The molecule has 20 heavy (non-hydrogen) atoms. The zero-order valence-electron chi connectivity index (χ0n) is 11.9. The van der Waals surface area contributed by atoms with Crippen LogP contribution in [0.15, 0.2) is 12.2 Å². The number of carbonyl (C=O) groups excluding carboxylic acids is 1. The third kappa shape index (κ3) is 1.59. The van der Waals surface area contributed by atoms with Crippen LogP contribution in [0.1, 0.15) is 45.4 Å². The Labute approximate surface area is 119 Å². The van der Waals surface area contributed by atoms with Gasteiger partial charge in [0.1, 0.15) is 0 Å². The topological polar surface area (TPSA) is 73.1 Å². The van der Waals surface area contributed by atoms with Crippen LogP contribution in [0.25, 0.3) is 0 Å². The third-order valence-electron chi connectivity index (χ3n) is 5.78. The maximum Gasteiger partial charge on any atom is 0.227 e. The van der Waals surface area contributed by atoms with Gasteiger partial charge in [0.15, 0.2) is 0 Å². The standard InChI is InChI=1S/C16H22N2O2/c1-11-13(19)16(10-17)9-5-4-8-15(14(20)18-11)7-3-2-6-12(15)16/h4-5,11-13,19H,2-3,6-9H2,1H3,(H,18,20)/t11?,12?,13-,15-,16+/m0/s1. The van der Waals surface area contributed by atoms with E-state index in [1.165, 1.54) is 0 Å². The Kier molecular flexibility index (Phi) is 3.13. The number of allylic oxidation sites excluding steroid dienone is 2. The fraction of sp³-hybridized carbons (Fsp3) is 0.750. The molecular formula is C16H22N2O2. The number of hydrogen-bond donors (Lipinski definition) is 2. The molecule has 0 spiro atoms. The zero-order chi connectivity index (χ0) is 14.4. The lowest BCUT2D eigenvalue weighted by molar-refractivity contribution is -0.138. The average Bonchev–Trinajstić information content (AvgIpc) is 2.67. The van der Waals surface area contributed by atoms with E-state index < -0.39 is 16.9 Å². The van der Waals surface area contributed by atoms with Gasteiger partial charge < -0.3 is 10.4 Å². The second-order valence-electron chi connectivity index (χ2n) is 6.69. The molecule has 1 saturated carbocycles. The number of amides is 1. The van der Waals surface area contributed by atoms with Crippen molar-refractivity contribution in [3.63, 3.8) is 0 Å².